The fourth-order valence-corrected chi connectivity index (χ4v) is 2.94. The van der Waals surface area contributed by atoms with Crippen molar-refractivity contribution in [2.45, 2.75) is 0 Å². The van der Waals surface area contributed by atoms with Crippen molar-refractivity contribution in [3.8, 4) is 22.8 Å². The second-order valence-corrected chi connectivity index (χ2v) is 6.15. The maximum Gasteiger partial charge on any atom is 0.157 e. The number of halogens is 1. The van der Waals surface area contributed by atoms with Crippen LogP contribution in [0, 0.1) is 5.82 Å². The Morgan fingerprint density at radius 2 is 1.46 bits per heavy atom. The SMILES string of the molecule is COc1cc(Nc2nc3ccccc3nc2-c2cccc(F)c2)cc(OC)c1. The number of nitrogens with zero attached hydrogens (tertiary/aromatic N) is 2. The van der Waals surface area contributed by atoms with Gasteiger partial charge in [-0.2, -0.15) is 0 Å². The van der Waals surface area contributed by atoms with E-state index in [0.29, 0.717) is 28.6 Å². The molecule has 0 aliphatic carbocycles. The van der Waals surface area contributed by atoms with Crippen molar-refractivity contribution in [2.75, 3.05) is 19.5 Å². The number of ether oxygens (including phenoxy) is 2. The highest BCUT2D eigenvalue weighted by molar-refractivity contribution is 5.85. The van der Waals surface area contributed by atoms with Crippen LogP contribution in [-0.4, -0.2) is 24.2 Å². The number of nitrogens with one attached hydrogen (secondary N) is 1. The summed E-state index contributed by atoms with van der Waals surface area (Å²) in [5, 5.41) is 3.28. The summed E-state index contributed by atoms with van der Waals surface area (Å²) in [4.78, 5) is 9.42. The van der Waals surface area contributed by atoms with E-state index in [4.69, 9.17) is 19.4 Å². The van der Waals surface area contributed by atoms with Crippen LogP contribution >= 0.6 is 0 Å². The number of rotatable bonds is 5. The van der Waals surface area contributed by atoms with Gasteiger partial charge < -0.3 is 14.8 Å². The smallest absolute Gasteiger partial charge is 0.157 e. The molecule has 0 radical (unpaired) electrons. The molecule has 1 heterocycles. The Morgan fingerprint density at radius 3 is 2.11 bits per heavy atom. The Morgan fingerprint density at radius 1 is 0.786 bits per heavy atom. The average Bonchev–Trinajstić information content (AvgIpc) is 2.73. The number of methoxy groups -OCH3 is 2. The molecule has 0 saturated carbocycles. The molecule has 3 aromatic carbocycles. The van der Waals surface area contributed by atoms with E-state index in [0.717, 1.165) is 16.7 Å². The van der Waals surface area contributed by atoms with Gasteiger partial charge >= 0.3 is 0 Å². The van der Waals surface area contributed by atoms with Gasteiger partial charge in [0, 0.05) is 29.4 Å². The Labute approximate surface area is 161 Å². The van der Waals surface area contributed by atoms with Crippen molar-refractivity contribution in [2.24, 2.45) is 0 Å². The van der Waals surface area contributed by atoms with E-state index >= 15 is 0 Å². The number of para-hydroxylation sites is 2. The maximum absolute atomic E-state index is 13.8. The van der Waals surface area contributed by atoms with Crippen molar-refractivity contribution in [3.05, 3.63) is 72.5 Å². The highest BCUT2D eigenvalue weighted by Crippen LogP contribution is 2.32. The molecule has 0 unspecified atom stereocenters. The predicted molar refractivity (Wildman–Crippen MR) is 108 cm³/mol. The van der Waals surface area contributed by atoms with Gasteiger partial charge in [-0.25, -0.2) is 14.4 Å². The summed E-state index contributed by atoms with van der Waals surface area (Å²) in [6, 6.07) is 19.3. The Balaban J connectivity index is 1.86. The van der Waals surface area contributed by atoms with Crippen molar-refractivity contribution in [1.82, 2.24) is 9.97 Å². The zero-order valence-electron chi connectivity index (χ0n) is 15.4. The second kappa shape index (κ2) is 7.52. The Bertz CT molecular complexity index is 1130. The molecule has 0 aliphatic heterocycles. The van der Waals surface area contributed by atoms with E-state index < -0.39 is 0 Å². The molecule has 4 aromatic rings. The van der Waals surface area contributed by atoms with E-state index in [-0.39, 0.29) is 5.82 Å². The molecule has 0 fully saturated rings. The van der Waals surface area contributed by atoms with Crippen LogP contribution in [0.15, 0.2) is 66.7 Å². The summed E-state index contributed by atoms with van der Waals surface area (Å²) in [5.41, 5.74) is 3.38. The number of anilines is 2. The van der Waals surface area contributed by atoms with Crippen LogP contribution in [0.4, 0.5) is 15.9 Å². The third-order valence-corrected chi connectivity index (χ3v) is 4.28. The van der Waals surface area contributed by atoms with Crippen molar-refractivity contribution < 1.29 is 13.9 Å². The molecule has 1 N–H and O–H groups in total. The lowest BCUT2D eigenvalue weighted by Crippen LogP contribution is -2.01. The first-order chi connectivity index (χ1) is 13.7. The monoisotopic (exact) mass is 375 g/mol. The third kappa shape index (κ3) is 3.57. The van der Waals surface area contributed by atoms with Crippen LogP contribution in [-0.2, 0) is 0 Å². The van der Waals surface area contributed by atoms with Gasteiger partial charge in [-0.15, -0.1) is 0 Å². The van der Waals surface area contributed by atoms with Gasteiger partial charge in [0.2, 0.25) is 0 Å². The van der Waals surface area contributed by atoms with Crippen LogP contribution in [0.3, 0.4) is 0 Å². The number of benzene rings is 3. The first-order valence-corrected chi connectivity index (χ1v) is 8.69. The van der Waals surface area contributed by atoms with E-state index in [2.05, 4.69) is 5.32 Å². The van der Waals surface area contributed by atoms with Crippen LogP contribution in [0.1, 0.15) is 0 Å². The molecule has 6 heteroatoms. The zero-order chi connectivity index (χ0) is 19.5. The molecular formula is C22H18FN3O2. The number of fused-ring (bicyclic) bond motifs is 1. The van der Waals surface area contributed by atoms with Crippen LogP contribution in [0.2, 0.25) is 0 Å². The van der Waals surface area contributed by atoms with Gasteiger partial charge in [-0.3, -0.25) is 0 Å². The van der Waals surface area contributed by atoms with Crippen LogP contribution < -0.4 is 14.8 Å². The van der Waals surface area contributed by atoms with Gasteiger partial charge in [0.25, 0.3) is 0 Å². The lowest BCUT2D eigenvalue weighted by Gasteiger charge is -2.14. The lowest BCUT2D eigenvalue weighted by atomic mass is 10.1. The van der Waals surface area contributed by atoms with E-state index in [1.807, 2.05) is 36.4 Å². The highest BCUT2D eigenvalue weighted by Gasteiger charge is 2.13. The van der Waals surface area contributed by atoms with Crippen molar-refractivity contribution in [3.63, 3.8) is 0 Å². The van der Waals surface area contributed by atoms with Crippen LogP contribution in [0.5, 0.6) is 11.5 Å². The second-order valence-electron chi connectivity index (χ2n) is 6.15. The maximum atomic E-state index is 13.8. The fourth-order valence-electron chi connectivity index (χ4n) is 2.94. The molecule has 0 bridgehead atoms. The van der Waals surface area contributed by atoms with Crippen LogP contribution in [0.25, 0.3) is 22.3 Å². The number of hydrogen-bond donors (Lipinski definition) is 1. The summed E-state index contributed by atoms with van der Waals surface area (Å²) in [5.74, 6) is 1.46. The number of hydrogen-bond acceptors (Lipinski definition) is 5. The van der Waals surface area contributed by atoms with Gasteiger partial charge in [0.1, 0.15) is 23.0 Å². The fraction of sp³-hybridized carbons (Fsp3) is 0.0909. The molecule has 1 aromatic heterocycles. The van der Waals surface area contributed by atoms with Crippen molar-refractivity contribution >= 4 is 22.5 Å². The Kier molecular flexibility index (Phi) is 4.76. The average molecular weight is 375 g/mol. The quantitative estimate of drug-likeness (QED) is 0.520. The van der Waals surface area contributed by atoms with Gasteiger partial charge in [0.05, 0.1) is 25.3 Å². The molecule has 4 rings (SSSR count). The van der Waals surface area contributed by atoms with E-state index in [1.54, 1.807) is 32.4 Å². The first kappa shape index (κ1) is 17.7. The topological polar surface area (TPSA) is 56.3 Å². The largest absolute Gasteiger partial charge is 0.497 e. The predicted octanol–water partition coefficient (Wildman–Crippen LogP) is 5.20. The molecule has 28 heavy (non-hydrogen) atoms. The van der Waals surface area contributed by atoms with Crippen molar-refractivity contribution in [1.29, 1.82) is 0 Å². The van der Waals surface area contributed by atoms with E-state index in [9.17, 15) is 4.39 Å². The third-order valence-electron chi connectivity index (χ3n) is 4.28. The minimum atomic E-state index is -0.332. The van der Waals surface area contributed by atoms with Gasteiger partial charge in [-0.1, -0.05) is 24.3 Å². The molecule has 0 amide bonds. The molecule has 5 nitrogen and oxygen atoms in total. The number of aromatic nitrogens is 2. The normalized spacial score (nSPS) is 10.7. The molecule has 0 atom stereocenters. The minimum Gasteiger partial charge on any atom is -0.497 e. The minimum absolute atomic E-state index is 0.332. The summed E-state index contributed by atoms with van der Waals surface area (Å²) in [6.07, 6.45) is 0. The lowest BCUT2D eigenvalue weighted by molar-refractivity contribution is 0.395. The summed E-state index contributed by atoms with van der Waals surface area (Å²) in [6.45, 7) is 0. The summed E-state index contributed by atoms with van der Waals surface area (Å²) >= 11 is 0. The van der Waals surface area contributed by atoms with E-state index in [1.165, 1.54) is 12.1 Å². The molecule has 0 aliphatic rings. The molecule has 0 saturated heterocycles. The summed E-state index contributed by atoms with van der Waals surface area (Å²) < 4.78 is 24.5. The summed E-state index contributed by atoms with van der Waals surface area (Å²) in [7, 11) is 3.18. The molecular weight excluding hydrogens is 357 g/mol. The molecule has 140 valence electrons. The highest BCUT2D eigenvalue weighted by atomic mass is 19.1. The van der Waals surface area contributed by atoms with Gasteiger partial charge in [0.15, 0.2) is 5.82 Å². The molecule has 0 spiro atoms. The van der Waals surface area contributed by atoms with Gasteiger partial charge in [-0.05, 0) is 24.3 Å². The first-order valence-electron chi connectivity index (χ1n) is 8.69. The standard InChI is InChI=1S/C22H18FN3O2/c1-27-17-11-16(12-18(13-17)28-2)24-22-21(14-6-5-7-15(23)10-14)25-19-8-3-4-9-20(19)26-22/h3-13H,1-2H3,(H,24,26). The zero-order valence-corrected chi connectivity index (χ0v) is 15.4. The Hall–Kier alpha value is -3.67.